The Hall–Kier alpha value is -1.77. The first kappa shape index (κ1) is 6.91. The molecular weight excluding hydrogens is 152 g/mol. The molecule has 60 valence electrons. The monoisotopic (exact) mass is 160 g/mol. The minimum Gasteiger partial charge on any atom is -0.443 e. The maximum absolute atomic E-state index is 5.72. The Morgan fingerprint density at radius 3 is 2.75 bits per heavy atom. The molecule has 0 aliphatic heterocycles. The Kier molecular flexibility index (Phi) is 1.55. The van der Waals surface area contributed by atoms with Gasteiger partial charge in [-0.2, -0.15) is 0 Å². The summed E-state index contributed by atoms with van der Waals surface area (Å²) in [6.07, 6.45) is 3.04. The highest BCUT2D eigenvalue weighted by molar-refractivity contribution is 5.71. The van der Waals surface area contributed by atoms with E-state index in [1.165, 1.54) is 6.39 Å². The fourth-order valence-corrected chi connectivity index (χ4v) is 1.07. The number of hydrogen-bond acceptors (Lipinski definition) is 3. The predicted octanol–water partition coefficient (Wildman–Crippen LogP) is 1.92. The van der Waals surface area contributed by atoms with Gasteiger partial charge in [-0.3, -0.25) is 0 Å². The molecule has 0 aliphatic carbocycles. The van der Waals surface area contributed by atoms with Crippen molar-refractivity contribution in [3.05, 3.63) is 36.9 Å². The molecule has 0 aliphatic rings. The van der Waals surface area contributed by atoms with Crippen molar-refractivity contribution < 1.29 is 4.42 Å². The van der Waals surface area contributed by atoms with Crippen LogP contribution >= 0.6 is 0 Å². The summed E-state index contributed by atoms with van der Waals surface area (Å²) in [5.74, 6) is 0.702. The molecule has 1 aromatic carbocycles. The molecule has 0 unspecified atom stereocenters. The number of nitrogens with two attached hydrogens (primary N) is 1. The van der Waals surface area contributed by atoms with Crippen LogP contribution in [0.3, 0.4) is 0 Å². The van der Waals surface area contributed by atoms with Gasteiger partial charge >= 0.3 is 0 Å². The van der Waals surface area contributed by atoms with Crippen LogP contribution in [0.2, 0.25) is 0 Å². The molecule has 2 N–H and O–H groups in total. The smallest absolute Gasteiger partial charge is 0.181 e. The van der Waals surface area contributed by atoms with Gasteiger partial charge in [0.15, 0.2) is 12.2 Å². The molecule has 0 atom stereocenters. The molecule has 0 radical (unpaired) electrons. The van der Waals surface area contributed by atoms with Crippen LogP contribution in [0.1, 0.15) is 0 Å². The fourth-order valence-electron chi connectivity index (χ4n) is 1.07. The van der Waals surface area contributed by atoms with Crippen molar-refractivity contribution in [2.75, 3.05) is 5.73 Å². The molecule has 0 amide bonds. The van der Waals surface area contributed by atoms with Gasteiger partial charge in [0, 0.05) is 11.3 Å². The molecule has 1 aromatic heterocycles. The van der Waals surface area contributed by atoms with Crippen molar-refractivity contribution in [2.45, 2.75) is 0 Å². The lowest BCUT2D eigenvalue weighted by Crippen LogP contribution is -1.87. The van der Waals surface area contributed by atoms with E-state index in [2.05, 4.69) is 4.98 Å². The summed E-state index contributed by atoms with van der Waals surface area (Å²) < 4.78 is 5.11. The lowest BCUT2D eigenvalue weighted by atomic mass is 10.1. The van der Waals surface area contributed by atoms with Crippen LogP contribution in [0, 0.1) is 0 Å². The van der Waals surface area contributed by atoms with Crippen molar-refractivity contribution >= 4 is 5.69 Å². The molecule has 0 fully saturated rings. The second kappa shape index (κ2) is 2.70. The van der Waals surface area contributed by atoms with E-state index in [4.69, 9.17) is 10.2 Å². The highest BCUT2D eigenvalue weighted by Crippen LogP contribution is 2.24. The quantitative estimate of drug-likeness (QED) is 0.648. The molecule has 2 aromatic rings. The minimum atomic E-state index is 0.702. The lowest BCUT2D eigenvalue weighted by molar-refractivity contribution is 0.572. The number of anilines is 1. The van der Waals surface area contributed by atoms with Gasteiger partial charge in [-0.25, -0.2) is 4.98 Å². The van der Waals surface area contributed by atoms with Gasteiger partial charge in [-0.15, -0.1) is 0 Å². The zero-order chi connectivity index (χ0) is 8.39. The first-order valence-corrected chi connectivity index (χ1v) is 3.61. The van der Waals surface area contributed by atoms with Crippen LogP contribution in [0.5, 0.6) is 0 Å². The van der Waals surface area contributed by atoms with E-state index >= 15 is 0 Å². The summed E-state index contributed by atoms with van der Waals surface area (Å²) >= 11 is 0. The van der Waals surface area contributed by atoms with Crippen molar-refractivity contribution in [1.82, 2.24) is 4.98 Å². The SMILES string of the molecule is Nc1ccccc1-c1cnco1. The highest BCUT2D eigenvalue weighted by Gasteiger charge is 2.03. The molecule has 0 spiro atoms. The van der Waals surface area contributed by atoms with E-state index < -0.39 is 0 Å². The third-order valence-electron chi connectivity index (χ3n) is 1.66. The molecule has 1 heterocycles. The van der Waals surface area contributed by atoms with E-state index in [1.54, 1.807) is 6.20 Å². The molecule has 3 heteroatoms. The minimum absolute atomic E-state index is 0.702. The summed E-state index contributed by atoms with van der Waals surface area (Å²) in [7, 11) is 0. The fraction of sp³-hybridized carbons (Fsp3) is 0. The second-order valence-corrected chi connectivity index (χ2v) is 2.45. The normalized spacial score (nSPS) is 10.0. The number of para-hydroxylation sites is 1. The average molecular weight is 160 g/mol. The number of nitrogens with zero attached hydrogens (tertiary/aromatic N) is 1. The summed E-state index contributed by atoms with van der Waals surface area (Å²) in [6, 6.07) is 7.52. The third-order valence-corrected chi connectivity index (χ3v) is 1.66. The molecule has 3 nitrogen and oxygen atoms in total. The Morgan fingerprint density at radius 2 is 2.08 bits per heavy atom. The van der Waals surface area contributed by atoms with Gasteiger partial charge in [0.1, 0.15) is 0 Å². The Bertz CT molecular complexity index is 368. The zero-order valence-electron chi connectivity index (χ0n) is 6.40. The van der Waals surface area contributed by atoms with Crippen LogP contribution < -0.4 is 5.73 Å². The molecule has 2 rings (SSSR count). The van der Waals surface area contributed by atoms with Crippen LogP contribution in [-0.4, -0.2) is 4.98 Å². The Balaban J connectivity index is 2.55. The second-order valence-electron chi connectivity index (χ2n) is 2.45. The average Bonchev–Trinajstić information content (AvgIpc) is 2.57. The molecule has 0 saturated heterocycles. The van der Waals surface area contributed by atoms with Gasteiger partial charge in [0.05, 0.1) is 6.20 Å². The maximum Gasteiger partial charge on any atom is 0.181 e. The number of benzene rings is 1. The maximum atomic E-state index is 5.72. The van der Waals surface area contributed by atoms with E-state index in [0.29, 0.717) is 11.4 Å². The summed E-state index contributed by atoms with van der Waals surface area (Å²) in [6.45, 7) is 0. The van der Waals surface area contributed by atoms with E-state index in [0.717, 1.165) is 5.56 Å². The standard InChI is InChI=1S/C9H8N2O/c10-8-4-2-1-3-7(8)9-5-11-6-12-9/h1-6H,10H2. The van der Waals surface area contributed by atoms with E-state index in [9.17, 15) is 0 Å². The van der Waals surface area contributed by atoms with Crippen LogP contribution in [-0.2, 0) is 0 Å². The van der Waals surface area contributed by atoms with Crippen molar-refractivity contribution in [3.63, 3.8) is 0 Å². The topological polar surface area (TPSA) is 52.0 Å². The van der Waals surface area contributed by atoms with Gasteiger partial charge in [-0.05, 0) is 12.1 Å². The lowest BCUT2D eigenvalue weighted by Gasteiger charge is -1.98. The van der Waals surface area contributed by atoms with Crippen LogP contribution in [0.4, 0.5) is 5.69 Å². The first-order chi connectivity index (χ1) is 5.88. The molecule has 0 bridgehead atoms. The Morgan fingerprint density at radius 1 is 1.25 bits per heavy atom. The number of hydrogen-bond donors (Lipinski definition) is 1. The zero-order valence-corrected chi connectivity index (χ0v) is 6.40. The predicted molar refractivity (Wildman–Crippen MR) is 46.4 cm³/mol. The third kappa shape index (κ3) is 1.05. The van der Waals surface area contributed by atoms with Crippen molar-refractivity contribution in [3.8, 4) is 11.3 Å². The molecular formula is C9H8N2O. The number of oxazole rings is 1. The number of rotatable bonds is 1. The number of aromatic nitrogens is 1. The van der Waals surface area contributed by atoms with Gasteiger partial charge in [0.2, 0.25) is 0 Å². The highest BCUT2D eigenvalue weighted by atomic mass is 16.3. The molecule has 12 heavy (non-hydrogen) atoms. The van der Waals surface area contributed by atoms with E-state index in [1.807, 2.05) is 24.3 Å². The van der Waals surface area contributed by atoms with Gasteiger partial charge in [-0.1, -0.05) is 12.1 Å². The summed E-state index contributed by atoms with van der Waals surface area (Å²) in [5.41, 5.74) is 7.31. The summed E-state index contributed by atoms with van der Waals surface area (Å²) in [4.78, 5) is 3.82. The van der Waals surface area contributed by atoms with Gasteiger partial charge in [0.25, 0.3) is 0 Å². The van der Waals surface area contributed by atoms with Crippen LogP contribution in [0.15, 0.2) is 41.3 Å². The largest absolute Gasteiger partial charge is 0.443 e. The first-order valence-electron chi connectivity index (χ1n) is 3.61. The van der Waals surface area contributed by atoms with E-state index in [-0.39, 0.29) is 0 Å². The summed E-state index contributed by atoms with van der Waals surface area (Å²) in [5, 5.41) is 0. The molecule has 0 saturated carbocycles. The number of nitrogen functional groups attached to an aromatic ring is 1. The van der Waals surface area contributed by atoms with Crippen molar-refractivity contribution in [2.24, 2.45) is 0 Å². The Labute approximate surface area is 69.8 Å². The van der Waals surface area contributed by atoms with Gasteiger partial charge < -0.3 is 10.2 Å². The van der Waals surface area contributed by atoms with Crippen LogP contribution in [0.25, 0.3) is 11.3 Å². The van der Waals surface area contributed by atoms with Crippen molar-refractivity contribution in [1.29, 1.82) is 0 Å².